The van der Waals surface area contributed by atoms with Gasteiger partial charge in [-0.1, -0.05) is 5.16 Å². The van der Waals surface area contributed by atoms with Crippen molar-refractivity contribution in [2.75, 3.05) is 13.1 Å². The first kappa shape index (κ1) is 14.0. The molecule has 0 saturated carbocycles. The van der Waals surface area contributed by atoms with Gasteiger partial charge in [0.2, 0.25) is 5.89 Å². The van der Waals surface area contributed by atoms with Gasteiger partial charge in [-0.05, 0) is 26.3 Å². The zero-order chi connectivity index (χ0) is 13.7. The van der Waals surface area contributed by atoms with E-state index in [1.807, 2.05) is 0 Å². The van der Waals surface area contributed by atoms with Crippen LogP contribution >= 0.6 is 0 Å². The van der Waals surface area contributed by atoms with Crippen LogP contribution in [0, 0.1) is 18.3 Å². The lowest BCUT2D eigenvalue weighted by molar-refractivity contribution is 0.172. The second-order valence-electron chi connectivity index (χ2n) is 5.23. The molecule has 0 unspecified atom stereocenters. The average Bonchev–Trinajstić information content (AvgIpc) is 2.75. The van der Waals surface area contributed by atoms with Gasteiger partial charge in [-0.3, -0.25) is 4.90 Å². The Morgan fingerprint density at radius 2 is 2.47 bits per heavy atom. The van der Waals surface area contributed by atoms with Gasteiger partial charge in [0.15, 0.2) is 5.82 Å². The molecule has 1 aromatic heterocycles. The van der Waals surface area contributed by atoms with Crippen molar-refractivity contribution in [3.05, 3.63) is 11.7 Å². The first-order chi connectivity index (χ1) is 9.17. The van der Waals surface area contributed by atoms with E-state index in [9.17, 15) is 0 Å². The lowest BCUT2D eigenvalue weighted by Crippen LogP contribution is -2.48. The average molecular weight is 263 g/mol. The molecule has 0 amide bonds. The van der Waals surface area contributed by atoms with Crippen LogP contribution < -0.4 is 5.32 Å². The van der Waals surface area contributed by atoms with Gasteiger partial charge in [-0.15, -0.1) is 0 Å². The molecule has 0 bridgehead atoms. The van der Waals surface area contributed by atoms with Crippen LogP contribution in [-0.2, 0) is 6.54 Å². The molecule has 1 aliphatic heterocycles. The van der Waals surface area contributed by atoms with E-state index in [0.717, 1.165) is 38.3 Å². The molecule has 1 N–H and O–H groups in total. The van der Waals surface area contributed by atoms with Crippen molar-refractivity contribution in [3.8, 4) is 6.07 Å². The fourth-order valence-electron chi connectivity index (χ4n) is 2.54. The number of nitriles is 1. The Morgan fingerprint density at radius 1 is 1.63 bits per heavy atom. The zero-order valence-corrected chi connectivity index (χ0v) is 11.6. The molecular weight excluding hydrogens is 242 g/mol. The van der Waals surface area contributed by atoms with E-state index in [1.54, 1.807) is 6.92 Å². The predicted molar refractivity (Wildman–Crippen MR) is 70.2 cm³/mol. The minimum Gasteiger partial charge on any atom is -0.340 e. The van der Waals surface area contributed by atoms with Gasteiger partial charge in [0, 0.05) is 25.6 Å². The summed E-state index contributed by atoms with van der Waals surface area (Å²) in [7, 11) is 0. The number of nitrogens with zero attached hydrogens (tertiary/aromatic N) is 4. The van der Waals surface area contributed by atoms with E-state index in [-0.39, 0.29) is 6.04 Å². The molecule has 104 valence electrons. The number of hydrogen-bond acceptors (Lipinski definition) is 6. The Labute approximate surface area is 113 Å². The Morgan fingerprint density at radius 3 is 3.16 bits per heavy atom. The highest BCUT2D eigenvalue weighted by Crippen LogP contribution is 2.13. The summed E-state index contributed by atoms with van der Waals surface area (Å²) in [5.41, 5.74) is 0. The van der Waals surface area contributed by atoms with Crippen LogP contribution in [-0.4, -0.2) is 40.2 Å². The number of aromatic nitrogens is 2. The topological polar surface area (TPSA) is 78.0 Å². The maximum atomic E-state index is 8.69. The summed E-state index contributed by atoms with van der Waals surface area (Å²) in [6.07, 6.45) is 2.88. The van der Waals surface area contributed by atoms with E-state index < -0.39 is 0 Å². The van der Waals surface area contributed by atoms with Gasteiger partial charge in [0.05, 0.1) is 19.0 Å². The summed E-state index contributed by atoms with van der Waals surface area (Å²) >= 11 is 0. The summed E-state index contributed by atoms with van der Waals surface area (Å²) in [5, 5.41) is 16.1. The molecule has 0 aromatic carbocycles. The smallest absolute Gasteiger partial charge is 0.223 e. The fraction of sp³-hybridized carbons (Fsp3) is 0.769. The van der Waals surface area contributed by atoms with Gasteiger partial charge < -0.3 is 9.84 Å². The second kappa shape index (κ2) is 6.64. The third-order valence-electron chi connectivity index (χ3n) is 3.36. The number of nitrogens with one attached hydrogen (secondary N) is 1. The van der Waals surface area contributed by atoms with Crippen LogP contribution in [0.25, 0.3) is 0 Å². The van der Waals surface area contributed by atoms with E-state index in [4.69, 9.17) is 9.78 Å². The molecule has 1 aliphatic rings. The fourth-order valence-corrected chi connectivity index (χ4v) is 2.54. The van der Waals surface area contributed by atoms with E-state index >= 15 is 0 Å². The monoisotopic (exact) mass is 263 g/mol. The van der Waals surface area contributed by atoms with Crippen LogP contribution in [0.4, 0.5) is 0 Å². The van der Waals surface area contributed by atoms with E-state index in [0.29, 0.717) is 18.4 Å². The largest absolute Gasteiger partial charge is 0.340 e. The van der Waals surface area contributed by atoms with E-state index in [2.05, 4.69) is 33.4 Å². The standard InChI is InChI=1S/C13H21N5O/c1-10(5-6-14)15-12-4-3-7-18(8-12)9-13-16-11(2)19-17-13/h10,12,15H,3-5,7-9H2,1-2H3/t10-,12+/m1/s1. The highest BCUT2D eigenvalue weighted by atomic mass is 16.5. The number of piperidine rings is 1. The van der Waals surface area contributed by atoms with Gasteiger partial charge in [-0.2, -0.15) is 10.2 Å². The van der Waals surface area contributed by atoms with Crippen LogP contribution in [0.5, 0.6) is 0 Å². The van der Waals surface area contributed by atoms with Crippen molar-refractivity contribution >= 4 is 0 Å². The molecule has 19 heavy (non-hydrogen) atoms. The molecule has 1 saturated heterocycles. The molecule has 2 rings (SSSR count). The highest BCUT2D eigenvalue weighted by Gasteiger charge is 2.22. The lowest BCUT2D eigenvalue weighted by Gasteiger charge is -2.33. The Hall–Kier alpha value is -1.45. The second-order valence-corrected chi connectivity index (χ2v) is 5.23. The molecular formula is C13H21N5O. The Balaban J connectivity index is 1.82. The molecule has 0 radical (unpaired) electrons. The predicted octanol–water partition coefficient (Wildman–Crippen LogP) is 1.23. The summed E-state index contributed by atoms with van der Waals surface area (Å²) in [4.78, 5) is 6.58. The van der Waals surface area contributed by atoms with Crippen LogP contribution in [0.1, 0.15) is 37.9 Å². The molecule has 0 spiro atoms. The highest BCUT2D eigenvalue weighted by molar-refractivity contribution is 4.88. The first-order valence-electron chi connectivity index (χ1n) is 6.82. The van der Waals surface area contributed by atoms with Crippen molar-refractivity contribution < 1.29 is 4.52 Å². The van der Waals surface area contributed by atoms with Crippen LogP contribution in [0.3, 0.4) is 0 Å². The number of aryl methyl sites for hydroxylation is 1. The molecule has 2 heterocycles. The minimum atomic E-state index is 0.252. The van der Waals surface area contributed by atoms with Gasteiger partial charge in [0.1, 0.15) is 0 Å². The first-order valence-corrected chi connectivity index (χ1v) is 6.82. The lowest BCUT2D eigenvalue weighted by atomic mass is 10.0. The van der Waals surface area contributed by atoms with Crippen LogP contribution in [0.15, 0.2) is 4.52 Å². The maximum Gasteiger partial charge on any atom is 0.223 e. The summed E-state index contributed by atoms with van der Waals surface area (Å²) in [6.45, 7) is 6.65. The number of likely N-dealkylation sites (tertiary alicyclic amines) is 1. The van der Waals surface area contributed by atoms with Crippen molar-refractivity contribution in [2.24, 2.45) is 0 Å². The molecule has 6 nitrogen and oxygen atoms in total. The van der Waals surface area contributed by atoms with Gasteiger partial charge in [0.25, 0.3) is 0 Å². The summed E-state index contributed by atoms with van der Waals surface area (Å²) in [5.74, 6) is 1.37. The third-order valence-corrected chi connectivity index (χ3v) is 3.36. The summed E-state index contributed by atoms with van der Waals surface area (Å²) in [6, 6.07) is 2.90. The van der Waals surface area contributed by atoms with Crippen molar-refractivity contribution in [1.29, 1.82) is 5.26 Å². The van der Waals surface area contributed by atoms with Crippen LogP contribution in [0.2, 0.25) is 0 Å². The third kappa shape index (κ3) is 4.30. The number of hydrogen-bond donors (Lipinski definition) is 1. The SMILES string of the molecule is Cc1nc(CN2CCC[C@H](N[C@H](C)CC#N)C2)no1. The van der Waals surface area contributed by atoms with E-state index in [1.165, 1.54) is 0 Å². The maximum absolute atomic E-state index is 8.69. The quantitative estimate of drug-likeness (QED) is 0.861. The number of rotatable bonds is 5. The Kier molecular flexibility index (Phi) is 4.88. The van der Waals surface area contributed by atoms with Gasteiger partial charge >= 0.3 is 0 Å². The van der Waals surface area contributed by atoms with Crippen molar-refractivity contribution in [1.82, 2.24) is 20.4 Å². The Bertz CT molecular complexity index is 438. The molecule has 6 heteroatoms. The molecule has 1 aromatic rings. The van der Waals surface area contributed by atoms with Gasteiger partial charge in [-0.25, -0.2) is 0 Å². The molecule has 2 atom stereocenters. The molecule has 0 aliphatic carbocycles. The normalized spacial score (nSPS) is 22.1. The zero-order valence-electron chi connectivity index (χ0n) is 11.6. The van der Waals surface area contributed by atoms with Crippen molar-refractivity contribution in [3.63, 3.8) is 0 Å². The minimum absolute atomic E-state index is 0.252. The van der Waals surface area contributed by atoms with Crippen molar-refractivity contribution in [2.45, 2.75) is 51.7 Å². The molecule has 1 fully saturated rings. The summed E-state index contributed by atoms with van der Waals surface area (Å²) < 4.78 is 4.99.